The summed E-state index contributed by atoms with van der Waals surface area (Å²) in [6.07, 6.45) is -1.56. The largest absolute Gasteiger partial charge is 0.497 e. The van der Waals surface area contributed by atoms with Crippen molar-refractivity contribution in [3.05, 3.63) is 83.9 Å². The minimum Gasteiger partial charge on any atom is -0.497 e. The number of methoxy groups -OCH3 is 1. The van der Waals surface area contributed by atoms with E-state index in [0.29, 0.717) is 27.5 Å². The van der Waals surface area contributed by atoms with E-state index < -0.39 is 23.3 Å². The normalized spacial score (nSPS) is 12.2. The van der Waals surface area contributed by atoms with E-state index in [0.717, 1.165) is 16.3 Å². The number of hydrogen-bond acceptors (Lipinski definition) is 5. The highest BCUT2D eigenvalue weighted by Crippen LogP contribution is 2.50. The fraction of sp³-hybridized carbons (Fsp3) is 0.207. The van der Waals surface area contributed by atoms with E-state index in [9.17, 15) is 18.0 Å². The molecule has 37 heavy (non-hydrogen) atoms. The maximum Gasteiger partial charge on any atom is 0.417 e. The highest BCUT2D eigenvalue weighted by Gasteiger charge is 2.35. The van der Waals surface area contributed by atoms with E-state index in [1.807, 2.05) is 0 Å². The van der Waals surface area contributed by atoms with Crippen molar-refractivity contribution in [2.75, 3.05) is 7.11 Å². The topological polar surface area (TPSA) is 44.8 Å². The van der Waals surface area contributed by atoms with Gasteiger partial charge in [0.05, 0.1) is 17.6 Å². The Morgan fingerprint density at radius 1 is 0.919 bits per heavy atom. The minimum atomic E-state index is -4.52. The van der Waals surface area contributed by atoms with Gasteiger partial charge in [-0.25, -0.2) is 4.79 Å². The molecule has 0 radical (unpaired) electrons. The first-order valence-corrected chi connectivity index (χ1v) is 12.2. The Balaban J connectivity index is 1.71. The standard InChI is InChI=1S/C29H25F3O4S/c1-28(2,3)36-25(33)16-11-18-9-12-19(13-10-18)35-26-22-15-14-20(34-4)17-24(22)37-27(26)21-7-5-6-8-23(21)29(30,31)32/h5-17H,1-4H3/b16-11+. The number of rotatable bonds is 6. The number of alkyl halides is 3. The van der Waals surface area contributed by atoms with Gasteiger partial charge in [-0.3, -0.25) is 0 Å². The van der Waals surface area contributed by atoms with Crippen LogP contribution >= 0.6 is 11.3 Å². The van der Waals surface area contributed by atoms with Gasteiger partial charge in [-0.05, 0) is 68.8 Å². The molecule has 0 amide bonds. The molecule has 0 N–H and O–H groups in total. The minimum absolute atomic E-state index is 0.0436. The zero-order valence-corrected chi connectivity index (χ0v) is 21.5. The zero-order valence-electron chi connectivity index (χ0n) is 20.7. The molecule has 1 aromatic heterocycles. The molecule has 4 nitrogen and oxygen atoms in total. The lowest BCUT2D eigenvalue weighted by atomic mass is 10.0. The predicted octanol–water partition coefficient (Wildman–Crippen LogP) is 8.74. The van der Waals surface area contributed by atoms with Gasteiger partial charge >= 0.3 is 12.1 Å². The molecule has 0 saturated heterocycles. The lowest BCUT2D eigenvalue weighted by molar-refractivity contribution is -0.148. The van der Waals surface area contributed by atoms with Crippen LogP contribution in [0.15, 0.2) is 72.8 Å². The summed E-state index contributed by atoms with van der Waals surface area (Å²) in [5, 5.41) is 0.673. The van der Waals surface area contributed by atoms with Gasteiger partial charge in [0.2, 0.25) is 0 Å². The van der Waals surface area contributed by atoms with E-state index in [1.54, 1.807) is 75.4 Å². The van der Waals surface area contributed by atoms with Crippen molar-refractivity contribution >= 4 is 33.5 Å². The third-order valence-corrected chi connectivity index (χ3v) is 6.41. The summed E-state index contributed by atoms with van der Waals surface area (Å²) in [6, 6.07) is 17.6. The van der Waals surface area contributed by atoms with Crippen LogP contribution in [0.1, 0.15) is 31.9 Å². The monoisotopic (exact) mass is 526 g/mol. The summed E-state index contributed by atoms with van der Waals surface area (Å²) in [7, 11) is 1.53. The van der Waals surface area contributed by atoms with Crippen molar-refractivity contribution in [3.8, 4) is 27.7 Å². The van der Waals surface area contributed by atoms with Gasteiger partial charge in [0, 0.05) is 21.7 Å². The van der Waals surface area contributed by atoms with E-state index in [4.69, 9.17) is 14.2 Å². The molecule has 0 fully saturated rings. The van der Waals surface area contributed by atoms with Crippen molar-refractivity contribution in [1.82, 2.24) is 0 Å². The average molecular weight is 527 g/mol. The summed E-state index contributed by atoms with van der Waals surface area (Å²) < 4.78 is 59.0. The maximum atomic E-state index is 13.8. The molecule has 0 aliphatic heterocycles. The van der Waals surface area contributed by atoms with E-state index in [2.05, 4.69) is 0 Å². The number of carbonyl (C=O) groups is 1. The number of benzene rings is 3. The van der Waals surface area contributed by atoms with Gasteiger partial charge in [0.25, 0.3) is 0 Å². The fourth-order valence-corrected chi connectivity index (χ4v) is 4.85. The number of ether oxygens (including phenoxy) is 3. The quantitative estimate of drug-likeness (QED) is 0.186. The number of carbonyl (C=O) groups excluding carboxylic acids is 1. The van der Waals surface area contributed by atoms with Crippen molar-refractivity contribution in [2.24, 2.45) is 0 Å². The first kappa shape index (κ1) is 26.3. The number of halogens is 3. The molecule has 8 heteroatoms. The maximum absolute atomic E-state index is 13.8. The fourth-order valence-electron chi connectivity index (χ4n) is 3.65. The molecule has 1 heterocycles. The molecule has 0 bridgehead atoms. The summed E-state index contributed by atoms with van der Waals surface area (Å²) in [6.45, 7) is 5.36. The second-order valence-corrected chi connectivity index (χ2v) is 10.3. The van der Waals surface area contributed by atoms with Crippen LogP contribution in [-0.2, 0) is 15.7 Å². The molecule has 0 aliphatic carbocycles. The molecule has 0 unspecified atom stereocenters. The van der Waals surface area contributed by atoms with E-state index >= 15 is 0 Å². The first-order valence-electron chi connectivity index (χ1n) is 11.4. The Morgan fingerprint density at radius 3 is 2.24 bits per heavy atom. The molecule has 4 rings (SSSR count). The predicted molar refractivity (Wildman–Crippen MR) is 140 cm³/mol. The van der Waals surface area contributed by atoms with Gasteiger partial charge in [0.1, 0.15) is 17.1 Å². The lowest BCUT2D eigenvalue weighted by Crippen LogP contribution is -2.22. The average Bonchev–Trinajstić information content (AvgIpc) is 3.19. The van der Waals surface area contributed by atoms with Crippen molar-refractivity contribution in [3.63, 3.8) is 0 Å². The van der Waals surface area contributed by atoms with Crippen molar-refractivity contribution in [1.29, 1.82) is 0 Å². The second kappa shape index (κ2) is 10.3. The van der Waals surface area contributed by atoms with Crippen LogP contribution in [0.4, 0.5) is 13.2 Å². The van der Waals surface area contributed by atoms with Crippen molar-refractivity contribution in [2.45, 2.75) is 32.5 Å². The first-order chi connectivity index (χ1) is 17.4. The van der Waals surface area contributed by atoms with Crippen molar-refractivity contribution < 1.29 is 32.2 Å². The van der Waals surface area contributed by atoms with Crippen LogP contribution in [0.5, 0.6) is 17.2 Å². The summed E-state index contributed by atoms with van der Waals surface area (Å²) in [4.78, 5) is 12.3. The Kier molecular flexibility index (Phi) is 7.32. The SMILES string of the molecule is COc1ccc2c(Oc3ccc(/C=C/C(=O)OC(C)(C)C)cc3)c(-c3ccccc3C(F)(F)F)sc2c1. The summed E-state index contributed by atoms with van der Waals surface area (Å²) in [5.41, 5.74) is -0.543. The highest BCUT2D eigenvalue weighted by molar-refractivity contribution is 7.22. The summed E-state index contributed by atoms with van der Waals surface area (Å²) in [5.74, 6) is 0.908. The van der Waals surface area contributed by atoms with Crippen LogP contribution in [0.3, 0.4) is 0 Å². The molecule has 192 valence electrons. The molecule has 3 aromatic carbocycles. The van der Waals surface area contributed by atoms with Gasteiger partial charge < -0.3 is 14.2 Å². The van der Waals surface area contributed by atoms with Crippen LogP contribution in [0, 0.1) is 0 Å². The lowest BCUT2D eigenvalue weighted by Gasteiger charge is -2.17. The van der Waals surface area contributed by atoms with Gasteiger partial charge in [0.15, 0.2) is 5.75 Å². The Labute approximate surface area is 216 Å². The zero-order chi connectivity index (χ0) is 26.8. The number of thiophene rings is 1. The Hall–Kier alpha value is -3.78. The van der Waals surface area contributed by atoms with Crippen LogP contribution < -0.4 is 9.47 Å². The van der Waals surface area contributed by atoms with Crippen LogP contribution in [0.25, 0.3) is 26.6 Å². The summed E-state index contributed by atoms with van der Waals surface area (Å²) >= 11 is 1.21. The molecule has 0 saturated carbocycles. The number of hydrogen-bond donors (Lipinski definition) is 0. The van der Waals surface area contributed by atoms with Gasteiger partial charge in [-0.1, -0.05) is 30.3 Å². The third-order valence-electron chi connectivity index (χ3n) is 5.25. The van der Waals surface area contributed by atoms with E-state index in [1.165, 1.54) is 36.7 Å². The third kappa shape index (κ3) is 6.32. The Bertz CT molecular complexity index is 1450. The second-order valence-electron chi connectivity index (χ2n) is 9.20. The molecule has 0 spiro atoms. The van der Waals surface area contributed by atoms with Crippen LogP contribution in [-0.4, -0.2) is 18.7 Å². The number of fused-ring (bicyclic) bond motifs is 1. The highest BCUT2D eigenvalue weighted by atomic mass is 32.1. The molecule has 0 atom stereocenters. The van der Waals surface area contributed by atoms with Gasteiger partial charge in [-0.2, -0.15) is 13.2 Å². The van der Waals surface area contributed by atoms with E-state index in [-0.39, 0.29) is 5.56 Å². The molecular weight excluding hydrogens is 501 g/mol. The smallest absolute Gasteiger partial charge is 0.417 e. The number of esters is 1. The molecule has 0 aliphatic rings. The van der Waals surface area contributed by atoms with Gasteiger partial charge in [-0.15, -0.1) is 11.3 Å². The van der Waals surface area contributed by atoms with Crippen LogP contribution in [0.2, 0.25) is 0 Å². The Morgan fingerprint density at radius 2 is 1.59 bits per heavy atom. The molecule has 4 aromatic rings. The molecular formula is C29H25F3O4S.